The molecule has 1 saturated heterocycles. The fourth-order valence-electron chi connectivity index (χ4n) is 2.88. The number of nitrogens with zero attached hydrogens (tertiary/aromatic N) is 1. The lowest BCUT2D eigenvalue weighted by Gasteiger charge is -2.31. The summed E-state index contributed by atoms with van der Waals surface area (Å²) in [7, 11) is 2.18. The SMILES string of the molecule is CCC(CC)(CN)C(=O)NCCC1CCN(C)CC1.Cl.Cl. The minimum atomic E-state index is -0.354. The van der Waals surface area contributed by atoms with Crippen molar-refractivity contribution in [1.29, 1.82) is 0 Å². The molecule has 0 aliphatic carbocycles. The molecule has 0 aromatic heterocycles. The van der Waals surface area contributed by atoms with E-state index in [9.17, 15) is 4.79 Å². The Balaban J connectivity index is 0. The van der Waals surface area contributed by atoms with E-state index >= 15 is 0 Å². The van der Waals surface area contributed by atoms with E-state index in [1.165, 1.54) is 25.9 Å². The first kappa shape index (κ1) is 23.2. The van der Waals surface area contributed by atoms with E-state index in [2.05, 4.69) is 17.3 Å². The van der Waals surface area contributed by atoms with Crippen molar-refractivity contribution >= 4 is 30.7 Å². The van der Waals surface area contributed by atoms with Crippen LogP contribution in [0, 0.1) is 11.3 Å². The van der Waals surface area contributed by atoms with Crippen LogP contribution in [0.5, 0.6) is 0 Å². The van der Waals surface area contributed by atoms with Gasteiger partial charge in [-0.2, -0.15) is 0 Å². The van der Waals surface area contributed by atoms with E-state index in [1.54, 1.807) is 0 Å². The average Bonchev–Trinajstić information content (AvgIpc) is 2.44. The molecular formula is C15H33Cl2N3O. The lowest BCUT2D eigenvalue weighted by atomic mass is 9.81. The molecule has 0 radical (unpaired) electrons. The number of amides is 1. The smallest absolute Gasteiger partial charge is 0.227 e. The molecule has 1 aliphatic rings. The van der Waals surface area contributed by atoms with Gasteiger partial charge in [0.2, 0.25) is 5.91 Å². The second-order valence-electron chi connectivity index (χ2n) is 5.98. The van der Waals surface area contributed by atoms with E-state index in [0.29, 0.717) is 6.54 Å². The molecule has 0 spiro atoms. The monoisotopic (exact) mass is 341 g/mol. The van der Waals surface area contributed by atoms with E-state index < -0.39 is 0 Å². The van der Waals surface area contributed by atoms with Crippen LogP contribution in [0.2, 0.25) is 0 Å². The van der Waals surface area contributed by atoms with Crippen LogP contribution in [0.1, 0.15) is 46.0 Å². The topological polar surface area (TPSA) is 58.4 Å². The molecule has 21 heavy (non-hydrogen) atoms. The number of hydrogen-bond donors (Lipinski definition) is 2. The van der Waals surface area contributed by atoms with Gasteiger partial charge >= 0.3 is 0 Å². The summed E-state index contributed by atoms with van der Waals surface area (Å²) in [6, 6.07) is 0. The van der Waals surface area contributed by atoms with Gasteiger partial charge in [0.1, 0.15) is 0 Å². The third kappa shape index (κ3) is 6.72. The predicted molar refractivity (Wildman–Crippen MR) is 94.4 cm³/mol. The minimum Gasteiger partial charge on any atom is -0.356 e. The van der Waals surface area contributed by atoms with Crippen molar-refractivity contribution in [1.82, 2.24) is 10.2 Å². The quantitative estimate of drug-likeness (QED) is 0.747. The molecule has 128 valence electrons. The van der Waals surface area contributed by atoms with E-state index in [0.717, 1.165) is 31.7 Å². The van der Waals surface area contributed by atoms with E-state index in [4.69, 9.17) is 5.73 Å². The molecule has 1 heterocycles. The van der Waals surface area contributed by atoms with Crippen molar-refractivity contribution in [2.75, 3.05) is 33.2 Å². The Morgan fingerprint density at radius 2 is 1.76 bits per heavy atom. The summed E-state index contributed by atoms with van der Waals surface area (Å²) in [6.07, 6.45) is 5.26. The molecule has 1 fully saturated rings. The molecule has 0 saturated carbocycles. The van der Waals surface area contributed by atoms with Crippen LogP contribution in [-0.2, 0) is 4.79 Å². The molecule has 6 heteroatoms. The summed E-state index contributed by atoms with van der Waals surface area (Å²) >= 11 is 0. The number of piperidine rings is 1. The maximum Gasteiger partial charge on any atom is 0.227 e. The number of nitrogens with two attached hydrogens (primary N) is 1. The molecule has 3 N–H and O–H groups in total. The standard InChI is InChI=1S/C15H31N3O.2ClH/c1-4-15(5-2,12-16)14(19)17-9-6-13-7-10-18(3)11-8-13;;/h13H,4-12,16H2,1-3H3,(H,17,19);2*1H. The molecule has 1 amide bonds. The molecule has 0 atom stereocenters. The summed E-state index contributed by atoms with van der Waals surface area (Å²) in [6.45, 7) is 7.72. The maximum absolute atomic E-state index is 12.3. The number of carbonyl (C=O) groups excluding carboxylic acids is 1. The maximum atomic E-state index is 12.3. The van der Waals surface area contributed by atoms with Crippen LogP contribution in [0.15, 0.2) is 0 Å². The van der Waals surface area contributed by atoms with Crippen molar-refractivity contribution in [3.05, 3.63) is 0 Å². The molecule has 0 aromatic rings. The Morgan fingerprint density at radius 1 is 1.24 bits per heavy atom. The Labute approximate surface area is 142 Å². The summed E-state index contributed by atoms with van der Waals surface area (Å²) in [5.41, 5.74) is 5.44. The third-order valence-corrected chi connectivity index (χ3v) is 4.90. The zero-order chi connectivity index (χ0) is 14.3. The Hall–Kier alpha value is -0.0300. The summed E-state index contributed by atoms with van der Waals surface area (Å²) in [4.78, 5) is 14.6. The number of hydrogen-bond acceptors (Lipinski definition) is 3. The van der Waals surface area contributed by atoms with Crippen molar-refractivity contribution in [3.63, 3.8) is 0 Å². The number of likely N-dealkylation sites (tertiary alicyclic amines) is 1. The van der Waals surface area contributed by atoms with Crippen LogP contribution in [0.25, 0.3) is 0 Å². The molecular weight excluding hydrogens is 309 g/mol. The zero-order valence-electron chi connectivity index (χ0n) is 13.7. The number of halogens is 2. The average molecular weight is 342 g/mol. The lowest BCUT2D eigenvalue weighted by molar-refractivity contribution is -0.131. The van der Waals surface area contributed by atoms with Crippen molar-refractivity contribution in [2.45, 2.75) is 46.0 Å². The molecule has 1 aliphatic heterocycles. The van der Waals surface area contributed by atoms with E-state index in [-0.39, 0.29) is 36.1 Å². The highest BCUT2D eigenvalue weighted by Crippen LogP contribution is 2.25. The molecule has 0 unspecified atom stereocenters. The highest BCUT2D eigenvalue weighted by molar-refractivity contribution is 5.85. The van der Waals surface area contributed by atoms with Crippen molar-refractivity contribution in [3.8, 4) is 0 Å². The predicted octanol–water partition coefficient (Wildman–Crippen LogP) is 2.44. The summed E-state index contributed by atoms with van der Waals surface area (Å²) < 4.78 is 0. The lowest BCUT2D eigenvalue weighted by Crippen LogP contribution is -2.45. The minimum absolute atomic E-state index is 0. The van der Waals surface area contributed by atoms with Gasteiger partial charge in [-0.05, 0) is 58.2 Å². The van der Waals surface area contributed by atoms with Gasteiger partial charge in [0.25, 0.3) is 0 Å². The largest absolute Gasteiger partial charge is 0.356 e. The Bertz CT molecular complexity index is 270. The van der Waals surface area contributed by atoms with Crippen molar-refractivity contribution < 1.29 is 4.79 Å². The van der Waals surface area contributed by atoms with Gasteiger partial charge in [0.15, 0.2) is 0 Å². The summed E-state index contributed by atoms with van der Waals surface area (Å²) in [5.74, 6) is 0.917. The number of nitrogens with one attached hydrogen (secondary N) is 1. The van der Waals surface area contributed by atoms with Gasteiger partial charge in [-0.15, -0.1) is 24.8 Å². The zero-order valence-corrected chi connectivity index (χ0v) is 15.3. The molecule has 4 nitrogen and oxygen atoms in total. The first-order chi connectivity index (χ1) is 9.07. The molecule has 1 rings (SSSR count). The van der Waals surface area contributed by atoms with Gasteiger partial charge in [-0.1, -0.05) is 13.8 Å². The highest BCUT2D eigenvalue weighted by atomic mass is 35.5. The van der Waals surface area contributed by atoms with Crippen LogP contribution >= 0.6 is 24.8 Å². The van der Waals surface area contributed by atoms with Gasteiger partial charge in [0, 0.05) is 13.1 Å². The van der Waals surface area contributed by atoms with Gasteiger partial charge < -0.3 is 16.0 Å². The number of rotatable bonds is 7. The second-order valence-corrected chi connectivity index (χ2v) is 5.98. The Morgan fingerprint density at radius 3 is 2.19 bits per heavy atom. The summed E-state index contributed by atoms with van der Waals surface area (Å²) in [5, 5.41) is 3.10. The van der Waals surface area contributed by atoms with E-state index in [1.807, 2.05) is 13.8 Å². The van der Waals surface area contributed by atoms with Gasteiger partial charge in [-0.25, -0.2) is 0 Å². The Kier molecular flexibility index (Phi) is 12.8. The fraction of sp³-hybridized carbons (Fsp3) is 0.933. The van der Waals surface area contributed by atoms with Crippen molar-refractivity contribution in [2.24, 2.45) is 17.1 Å². The molecule has 0 aromatic carbocycles. The van der Waals surface area contributed by atoms with Crippen LogP contribution in [-0.4, -0.2) is 44.0 Å². The normalized spacial score (nSPS) is 16.8. The first-order valence-corrected chi connectivity index (χ1v) is 7.75. The number of carbonyl (C=O) groups is 1. The van der Waals surface area contributed by atoms with Gasteiger partial charge in [0.05, 0.1) is 5.41 Å². The van der Waals surface area contributed by atoms with Crippen LogP contribution in [0.4, 0.5) is 0 Å². The fourth-order valence-corrected chi connectivity index (χ4v) is 2.88. The van der Waals surface area contributed by atoms with Crippen LogP contribution in [0.3, 0.4) is 0 Å². The first-order valence-electron chi connectivity index (χ1n) is 7.75. The molecule has 0 bridgehead atoms. The van der Waals surface area contributed by atoms with Gasteiger partial charge in [-0.3, -0.25) is 4.79 Å². The van der Waals surface area contributed by atoms with Crippen LogP contribution < -0.4 is 11.1 Å². The highest BCUT2D eigenvalue weighted by Gasteiger charge is 2.33. The second kappa shape index (κ2) is 11.5. The third-order valence-electron chi connectivity index (χ3n) is 4.90.